The quantitative estimate of drug-likeness (QED) is 0.879. The summed E-state index contributed by atoms with van der Waals surface area (Å²) in [7, 11) is 1.89. The number of nitrogens with zero attached hydrogens (tertiary/aromatic N) is 1. The molecule has 20 heavy (non-hydrogen) atoms. The molecule has 0 saturated carbocycles. The lowest BCUT2D eigenvalue weighted by Gasteiger charge is -2.16. The lowest BCUT2D eigenvalue weighted by atomic mass is 10.0. The van der Waals surface area contributed by atoms with Crippen LogP contribution in [0.2, 0.25) is 5.02 Å². The highest BCUT2D eigenvalue weighted by Gasteiger charge is 2.12. The average molecular weight is 293 g/mol. The molecule has 0 aliphatic carbocycles. The monoisotopic (exact) mass is 292 g/mol. The van der Waals surface area contributed by atoms with Gasteiger partial charge in [-0.25, -0.2) is 4.39 Å². The van der Waals surface area contributed by atoms with E-state index in [-0.39, 0.29) is 16.9 Å². The first kappa shape index (κ1) is 14.9. The first-order valence-electron chi connectivity index (χ1n) is 6.70. The van der Waals surface area contributed by atoms with Crippen LogP contribution in [0, 0.1) is 5.82 Å². The molecule has 1 aromatic heterocycles. The number of rotatable bonds is 6. The van der Waals surface area contributed by atoms with Crippen molar-refractivity contribution in [2.45, 2.75) is 25.3 Å². The van der Waals surface area contributed by atoms with Crippen LogP contribution in [0.3, 0.4) is 0 Å². The molecule has 106 valence electrons. The Kier molecular flexibility index (Phi) is 5.50. The molecule has 1 unspecified atom stereocenters. The maximum absolute atomic E-state index is 13.9. The van der Waals surface area contributed by atoms with Crippen molar-refractivity contribution in [1.82, 2.24) is 10.3 Å². The standard InChI is InChI=1S/C16H18ClFN2/c1-19-14(9-8-13-6-2-3-10-20-13)11-12-5-4-7-15(17)16(12)18/h2-7,10,14,19H,8-9,11H2,1H3. The fourth-order valence-electron chi connectivity index (χ4n) is 2.19. The van der Waals surface area contributed by atoms with Gasteiger partial charge in [-0.05, 0) is 50.1 Å². The predicted octanol–water partition coefficient (Wildman–Crippen LogP) is 3.64. The van der Waals surface area contributed by atoms with Gasteiger partial charge in [-0.1, -0.05) is 29.8 Å². The molecule has 1 N–H and O–H groups in total. The van der Waals surface area contributed by atoms with Gasteiger partial charge in [0.05, 0.1) is 5.02 Å². The van der Waals surface area contributed by atoms with Crippen LogP contribution in [-0.2, 0) is 12.8 Å². The van der Waals surface area contributed by atoms with Gasteiger partial charge in [0.25, 0.3) is 0 Å². The van der Waals surface area contributed by atoms with E-state index in [9.17, 15) is 4.39 Å². The minimum Gasteiger partial charge on any atom is -0.317 e. The second kappa shape index (κ2) is 7.36. The molecule has 0 amide bonds. The SMILES string of the molecule is CNC(CCc1ccccn1)Cc1cccc(Cl)c1F. The van der Waals surface area contributed by atoms with Crippen LogP contribution in [0.1, 0.15) is 17.7 Å². The molecule has 0 fully saturated rings. The summed E-state index contributed by atoms with van der Waals surface area (Å²) < 4.78 is 13.9. The lowest BCUT2D eigenvalue weighted by molar-refractivity contribution is 0.502. The highest BCUT2D eigenvalue weighted by atomic mass is 35.5. The summed E-state index contributed by atoms with van der Waals surface area (Å²) in [4.78, 5) is 4.30. The Morgan fingerprint density at radius 2 is 2.10 bits per heavy atom. The van der Waals surface area contributed by atoms with Gasteiger partial charge in [-0.2, -0.15) is 0 Å². The third kappa shape index (κ3) is 4.02. The van der Waals surface area contributed by atoms with Crippen molar-refractivity contribution < 1.29 is 4.39 Å². The van der Waals surface area contributed by atoms with Gasteiger partial charge >= 0.3 is 0 Å². The molecule has 2 rings (SSSR count). The van der Waals surface area contributed by atoms with Crippen molar-refractivity contribution in [3.63, 3.8) is 0 Å². The zero-order valence-corrected chi connectivity index (χ0v) is 12.2. The molecule has 0 aliphatic heterocycles. The molecule has 0 saturated heterocycles. The molecule has 4 heteroatoms. The van der Waals surface area contributed by atoms with Gasteiger partial charge in [-0.3, -0.25) is 4.98 Å². The minimum absolute atomic E-state index is 0.182. The number of aryl methyl sites for hydroxylation is 1. The Balaban J connectivity index is 1.97. The van der Waals surface area contributed by atoms with Crippen molar-refractivity contribution in [1.29, 1.82) is 0 Å². The number of pyridine rings is 1. The van der Waals surface area contributed by atoms with Crippen LogP contribution in [0.5, 0.6) is 0 Å². The molecule has 0 bridgehead atoms. The highest BCUT2D eigenvalue weighted by molar-refractivity contribution is 6.30. The van der Waals surface area contributed by atoms with E-state index >= 15 is 0 Å². The fraction of sp³-hybridized carbons (Fsp3) is 0.312. The summed E-state index contributed by atoms with van der Waals surface area (Å²) in [5.41, 5.74) is 1.71. The van der Waals surface area contributed by atoms with Crippen LogP contribution in [0.4, 0.5) is 4.39 Å². The first-order chi connectivity index (χ1) is 9.70. The summed E-state index contributed by atoms with van der Waals surface area (Å²) in [5, 5.41) is 3.41. The molecule has 0 spiro atoms. The van der Waals surface area contributed by atoms with Crippen molar-refractivity contribution in [3.8, 4) is 0 Å². The zero-order valence-electron chi connectivity index (χ0n) is 11.4. The van der Waals surface area contributed by atoms with Gasteiger partial charge in [0.1, 0.15) is 5.82 Å². The molecule has 2 nitrogen and oxygen atoms in total. The number of hydrogen-bond donors (Lipinski definition) is 1. The minimum atomic E-state index is -0.313. The third-order valence-electron chi connectivity index (χ3n) is 3.38. The molecule has 0 aliphatic rings. The Morgan fingerprint density at radius 3 is 2.80 bits per heavy atom. The van der Waals surface area contributed by atoms with E-state index in [1.54, 1.807) is 24.4 Å². The van der Waals surface area contributed by atoms with E-state index in [2.05, 4.69) is 10.3 Å². The van der Waals surface area contributed by atoms with Gasteiger partial charge in [0.15, 0.2) is 0 Å². The van der Waals surface area contributed by atoms with Crippen LogP contribution in [0.25, 0.3) is 0 Å². The van der Waals surface area contributed by atoms with Crippen LogP contribution in [-0.4, -0.2) is 18.1 Å². The maximum Gasteiger partial charge on any atom is 0.145 e. The number of hydrogen-bond acceptors (Lipinski definition) is 2. The number of benzene rings is 1. The Hall–Kier alpha value is -1.45. The van der Waals surface area contributed by atoms with Crippen molar-refractivity contribution in [3.05, 3.63) is 64.7 Å². The largest absolute Gasteiger partial charge is 0.317 e. The number of aromatic nitrogens is 1. The van der Waals surface area contributed by atoms with E-state index in [0.717, 1.165) is 18.5 Å². The molecule has 1 aromatic carbocycles. The summed E-state index contributed by atoms with van der Waals surface area (Å²) in [5.74, 6) is -0.313. The molecule has 1 atom stereocenters. The lowest BCUT2D eigenvalue weighted by Crippen LogP contribution is -2.28. The number of likely N-dealkylation sites (N-methyl/N-ethyl adjacent to an activating group) is 1. The average Bonchev–Trinajstić information content (AvgIpc) is 2.49. The zero-order chi connectivity index (χ0) is 14.4. The normalized spacial score (nSPS) is 12.3. The Morgan fingerprint density at radius 1 is 1.25 bits per heavy atom. The van der Waals surface area contributed by atoms with Crippen LogP contribution in [0.15, 0.2) is 42.6 Å². The van der Waals surface area contributed by atoms with Gasteiger partial charge in [0.2, 0.25) is 0 Å². The fourth-order valence-corrected chi connectivity index (χ4v) is 2.38. The second-order valence-electron chi connectivity index (χ2n) is 4.76. The van der Waals surface area contributed by atoms with Gasteiger partial charge in [0, 0.05) is 17.9 Å². The first-order valence-corrected chi connectivity index (χ1v) is 7.08. The van der Waals surface area contributed by atoms with E-state index < -0.39 is 0 Å². The van der Waals surface area contributed by atoms with E-state index in [1.807, 2.05) is 25.2 Å². The predicted molar refractivity (Wildman–Crippen MR) is 80.5 cm³/mol. The van der Waals surface area contributed by atoms with Crippen molar-refractivity contribution in [2.24, 2.45) is 0 Å². The summed E-state index contributed by atoms with van der Waals surface area (Å²) in [6, 6.07) is 11.2. The molecule has 0 radical (unpaired) electrons. The van der Waals surface area contributed by atoms with E-state index in [4.69, 9.17) is 11.6 Å². The Bertz CT molecular complexity index is 545. The summed E-state index contributed by atoms with van der Waals surface area (Å²) in [6.07, 6.45) is 4.18. The van der Waals surface area contributed by atoms with Crippen molar-refractivity contribution >= 4 is 11.6 Å². The third-order valence-corrected chi connectivity index (χ3v) is 3.67. The summed E-state index contributed by atoms with van der Waals surface area (Å²) >= 11 is 5.81. The summed E-state index contributed by atoms with van der Waals surface area (Å²) in [6.45, 7) is 0. The van der Waals surface area contributed by atoms with E-state index in [1.165, 1.54) is 0 Å². The molecular weight excluding hydrogens is 275 g/mol. The molecule has 2 aromatic rings. The van der Waals surface area contributed by atoms with Gasteiger partial charge < -0.3 is 5.32 Å². The highest BCUT2D eigenvalue weighted by Crippen LogP contribution is 2.20. The van der Waals surface area contributed by atoms with E-state index in [0.29, 0.717) is 12.0 Å². The smallest absolute Gasteiger partial charge is 0.145 e. The van der Waals surface area contributed by atoms with Crippen LogP contribution >= 0.6 is 11.6 Å². The second-order valence-corrected chi connectivity index (χ2v) is 5.17. The number of nitrogens with one attached hydrogen (secondary N) is 1. The molecular formula is C16H18ClFN2. The van der Waals surface area contributed by atoms with Crippen molar-refractivity contribution in [2.75, 3.05) is 7.05 Å². The maximum atomic E-state index is 13.9. The Labute approximate surface area is 124 Å². The number of halogens is 2. The topological polar surface area (TPSA) is 24.9 Å². The van der Waals surface area contributed by atoms with Crippen LogP contribution < -0.4 is 5.32 Å². The molecule has 1 heterocycles. The van der Waals surface area contributed by atoms with Gasteiger partial charge in [-0.15, -0.1) is 0 Å².